The van der Waals surface area contributed by atoms with Crippen LogP contribution in [-0.4, -0.2) is 30.2 Å². The minimum absolute atomic E-state index is 0.166. The molecular weight excluding hydrogens is 270 g/mol. The lowest BCUT2D eigenvalue weighted by atomic mass is 9.99. The molecule has 2 atom stereocenters. The Morgan fingerprint density at radius 1 is 1.38 bits per heavy atom. The van der Waals surface area contributed by atoms with Crippen LogP contribution >= 0.6 is 0 Å². The number of urea groups is 1. The first-order valence-electron chi connectivity index (χ1n) is 6.67. The van der Waals surface area contributed by atoms with Crippen molar-refractivity contribution < 1.29 is 14.7 Å². The number of benzene rings is 1. The number of carbonyl (C=O) groups is 2. The molecule has 0 aliphatic rings. The topological polar surface area (TPSA) is 93.4 Å². The predicted octanol–water partition coefficient (Wildman–Crippen LogP) is 2.20. The van der Waals surface area contributed by atoms with Crippen molar-refractivity contribution in [3.8, 4) is 6.07 Å². The van der Waals surface area contributed by atoms with Crippen LogP contribution in [0.4, 0.5) is 10.5 Å². The lowest BCUT2D eigenvalue weighted by Gasteiger charge is -2.24. The third-order valence-electron chi connectivity index (χ3n) is 3.45. The van der Waals surface area contributed by atoms with Gasteiger partial charge in [-0.05, 0) is 30.2 Å². The van der Waals surface area contributed by atoms with Crippen molar-refractivity contribution in [3.63, 3.8) is 0 Å². The second-order valence-electron chi connectivity index (χ2n) is 4.87. The average molecular weight is 289 g/mol. The number of aliphatic carboxylic acids is 1. The summed E-state index contributed by atoms with van der Waals surface area (Å²) in [6.45, 7) is 3.65. The minimum atomic E-state index is -1.05. The summed E-state index contributed by atoms with van der Waals surface area (Å²) in [6.07, 6.45) is 0.651. The van der Waals surface area contributed by atoms with Crippen molar-refractivity contribution in [2.24, 2.45) is 5.92 Å². The molecule has 6 heteroatoms. The molecule has 1 aromatic rings. The Morgan fingerprint density at radius 3 is 2.38 bits per heavy atom. The van der Waals surface area contributed by atoms with E-state index in [-0.39, 0.29) is 5.92 Å². The van der Waals surface area contributed by atoms with E-state index in [1.165, 1.54) is 4.90 Å². The van der Waals surface area contributed by atoms with Crippen molar-refractivity contribution in [2.75, 3.05) is 11.9 Å². The maximum atomic E-state index is 12.1. The van der Waals surface area contributed by atoms with Gasteiger partial charge in [0, 0.05) is 12.7 Å². The van der Waals surface area contributed by atoms with Gasteiger partial charge in [-0.25, -0.2) is 9.59 Å². The molecule has 0 radical (unpaired) electrons. The number of hydrogen-bond acceptors (Lipinski definition) is 3. The van der Waals surface area contributed by atoms with E-state index in [0.29, 0.717) is 17.7 Å². The zero-order valence-electron chi connectivity index (χ0n) is 12.3. The number of nitrogens with one attached hydrogen (secondary N) is 1. The Morgan fingerprint density at radius 2 is 1.95 bits per heavy atom. The zero-order chi connectivity index (χ0) is 16.0. The molecule has 0 aromatic heterocycles. The van der Waals surface area contributed by atoms with E-state index in [1.807, 2.05) is 13.0 Å². The van der Waals surface area contributed by atoms with Crippen LogP contribution in [0.1, 0.15) is 25.8 Å². The van der Waals surface area contributed by atoms with Crippen LogP contribution in [0.2, 0.25) is 0 Å². The van der Waals surface area contributed by atoms with E-state index in [0.717, 1.165) is 0 Å². The van der Waals surface area contributed by atoms with E-state index in [1.54, 1.807) is 38.2 Å². The number of nitriles is 1. The summed E-state index contributed by atoms with van der Waals surface area (Å²) < 4.78 is 0. The summed E-state index contributed by atoms with van der Waals surface area (Å²) in [6, 6.07) is 7.05. The summed E-state index contributed by atoms with van der Waals surface area (Å²) in [4.78, 5) is 24.6. The molecule has 6 nitrogen and oxygen atoms in total. The molecular formula is C15H19N3O3. The van der Waals surface area contributed by atoms with Crippen LogP contribution in [0.15, 0.2) is 24.3 Å². The monoisotopic (exact) mass is 289 g/mol. The number of rotatable bonds is 5. The molecule has 0 aliphatic heterocycles. The van der Waals surface area contributed by atoms with Gasteiger partial charge in [0.05, 0.1) is 11.6 Å². The van der Waals surface area contributed by atoms with Crippen molar-refractivity contribution in [2.45, 2.75) is 26.3 Å². The molecule has 0 spiro atoms. The standard InChI is InChI=1S/C15H19N3O3/c1-4-10(2)13(14(19)20)17-15(21)18(3)12-7-5-11(9-16)6-8-12/h5-8,10,13H,4H2,1-3H3,(H,17,21)(H,19,20)/t10-,13-/m0/s1. The number of carbonyl (C=O) groups excluding carboxylic acids is 1. The first-order valence-corrected chi connectivity index (χ1v) is 6.67. The van der Waals surface area contributed by atoms with Gasteiger partial charge in [0.15, 0.2) is 0 Å². The van der Waals surface area contributed by atoms with E-state index in [4.69, 9.17) is 5.26 Å². The SMILES string of the molecule is CC[C@H](C)[C@H](NC(=O)N(C)c1ccc(C#N)cc1)C(=O)O. The molecule has 0 bridgehead atoms. The van der Waals surface area contributed by atoms with E-state index < -0.39 is 18.0 Å². The average Bonchev–Trinajstić information content (AvgIpc) is 2.50. The molecule has 112 valence electrons. The van der Waals surface area contributed by atoms with Gasteiger partial charge in [-0.2, -0.15) is 5.26 Å². The number of nitrogens with zero attached hydrogens (tertiary/aromatic N) is 2. The van der Waals surface area contributed by atoms with Gasteiger partial charge in [-0.1, -0.05) is 20.3 Å². The molecule has 0 heterocycles. The van der Waals surface area contributed by atoms with E-state index >= 15 is 0 Å². The fourth-order valence-electron chi connectivity index (χ4n) is 1.79. The third kappa shape index (κ3) is 4.21. The minimum Gasteiger partial charge on any atom is -0.480 e. The van der Waals surface area contributed by atoms with Crippen LogP contribution in [-0.2, 0) is 4.79 Å². The molecule has 2 amide bonds. The third-order valence-corrected chi connectivity index (χ3v) is 3.45. The lowest BCUT2D eigenvalue weighted by molar-refractivity contribution is -0.140. The Balaban J connectivity index is 2.81. The summed E-state index contributed by atoms with van der Waals surface area (Å²) in [5, 5.41) is 20.4. The summed E-state index contributed by atoms with van der Waals surface area (Å²) >= 11 is 0. The smallest absolute Gasteiger partial charge is 0.326 e. The van der Waals surface area contributed by atoms with Crippen LogP contribution in [0.25, 0.3) is 0 Å². The van der Waals surface area contributed by atoms with Gasteiger partial charge in [-0.15, -0.1) is 0 Å². The van der Waals surface area contributed by atoms with Crippen LogP contribution in [0, 0.1) is 17.2 Å². The van der Waals surface area contributed by atoms with Crippen molar-refractivity contribution in [1.29, 1.82) is 5.26 Å². The number of carboxylic acid groups (broad SMARTS) is 1. The highest BCUT2D eigenvalue weighted by Crippen LogP contribution is 2.15. The van der Waals surface area contributed by atoms with Crippen molar-refractivity contribution in [3.05, 3.63) is 29.8 Å². The van der Waals surface area contributed by atoms with Gasteiger partial charge >= 0.3 is 12.0 Å². The Labute approximate surface area is 124 Å². The maximum absolute atomic E-state index is 12.1. The molecule has 0 saturated heterocycles. The molecule has 21 heavy (non-hydrogen) atoms. The van der Waals surface area contributed by atoms with E-state index in [2.05, 4.69) is 5.32 Å². The van der Waals surface area contributed by atoms with Crippen LogP contribution in [0.5, 0.6) is 0 Å². The van der Waals surface area contributed by atoms with Gasteiger partial charge in [-0.3, -0.25) is 4.90 Å². The van der Waals surface area contributed by atoms with Crippen LogP contribution in [0.3, 0.4) is 0 Å². The quantitative estimate of drug-likeness (QED) is 0.869. The molecule has 1 aromatic carbocycles. The highest BCUT2D eigenvalue weighted by Gasteiger charge is 2.26. The van der Waals surface area contributed by atoms with Gasteiger partial charge in [0.2, 0.25) is 0 Å². The molecule has 0 aliphatic carbocycles. The molecule has 2 N–H and O–H groups in total. The Bertz CT molecular complexity index is 548. The number of carboxylic acids is 1. The highest BCUT2D eigenvalue weighted by atomic mass is 16.4. The highest BCUT2D eigenvalue weighted by molar-refractivity contribution is 5.94. The second kappa shape index (κ2) is 7.29. The number of anilines is 1. The molecule has 0 saturated carbocycles. The normalized spacial score (nSPS) is 12.9. The molecule has 1 rings (SSSR count). The zero-order valence-corrected chi connectivity index (χ0v) is 12.3. The van der Waals surface area contributed by atoms with Crippen molar-refractivity contribution >= 4 is 17.7 Å². The lowest BCUT2D eigenvalue weighted by Crippen LogP contribution is -2.49. The molecule has 0 unspecified atom stereocenters. The van der Waals surface area contributed by atoms with Gasteiger partial charge in [0.25, 0.3) is 0 Å². The second-order valence-corrected chi connectivity index (χ2v) is 4.87. The van der Waals surface area contributed by atoms with Gasteiger partial charge < -0.3 is 10.4 Å². The Hall–Kier alpha value is -2.55. The summed E-state index contributed by atoms with van der Waals surface area (Å²) in [7, 11) is 1.55. The summed E-state index contributed by atoms with van der Waals surface area (Å²) in [5.74, 6) is -1.22. The maximum Gasteiger partial charge on any atom is 0.326 e. The fraction of sp³-hybridized carbons (Fsp3) is 0.400. The first kappa shape index (κ1) is 16.5. The van der Waals surface area contributed by atoms with Crippen LogP contribution < -0.4 is 10.2 Å². The summed E-state index contributed by atoms with van der Waals surface area (Å²) in [5.41, 5.74) is 1.08. The predicted molar refractivity (Wildman–Crippen MR) is 79.0 cm³/mol. The van der Waals surface area contributed by atoms with Crippen molar-refractivity contribution in [1.82, 2.24) is 5.32 Å². The number of hydrogen-bond donors (Lipinski definition) is 2. The number of amides is 2. The first-order chi connectivity index (χ1) is 9.90. The van der Waals surface area contributed by atoms with Gasteiger partial charge in [0.1, 0.15) is 6.04 Å². The molecule has 0 fully saturated rings. The largest absolute Gasteiger partial charge is 0.480 e. The fourth-order valence-corrected chi connectivity index (χ4v) is 1.79. The van der Waals surface area contributed by atoms with E-state index in [9.17, 15) is 14.7 Å². The Kier molecular flexibility index (Phi) is 5.73.